The Bertz CT molecular complexity index is 280. The van der Waals surface area contributed by atoms with Gasteiger partial charge in [0.15, 0.2) is 0 Å². The number of hydrogen-bond donors (Lipinski definition) is 0. The number of benzene rings is 2. The molecule has 0 atom stereocenters. The van der Waals surface area contributed by atoms with Crippen LogP contribution in [0.1, 0.15) is 27.7 Å². The van der Waals surface area contributed by atoms with Gasteiger partial charge in [0.2, 0.25) is 0 Å². The average molecular weight is 380 g/mol. The summed E-state index contributed by atoms with van der Waals surface area (Å²) >= 11 is 0. The zero-order valence-corrected chi connectivity index (χ0v) is 17.4. The van der Waals surface area contributed by atoms with Crippen LogP contribution in [0.4, 0.5) is 0 Å². The third-order valence-corrected chi connectivity index (χ3v) is 1.59. The zero-order valence-electron chi connectivity index (χ0n) is 11.7. The first-order valence-electron chi connectivity index (χ1n) is 5.32. The third kappa shape index (κ3) is 10.5. The molecule has 90 valence electrons. The molecule has 2 radical (unpaired) electrons. The van der Waals surface area contributed by atoms with Crippen LogP contribution >= 0.6 is 0 Å². The van der Waals surface area contributed by atoms with E-state index < -0.39 is 0 Å². The van der Waals surface area contributed by atoms with Gasteiger partial charge in [0.1, 0.15) is 0 Å². The quantitative estimate of drug-likeness (QED) is 0.556. The van der Waals surface area contributed by atoms with Crippen LogP contribution in [0.5, 0.6) is 0 Å². The van der Waals surface area contributed by atoms with Crippen molar-refractivity contribution in [3.05, 3.63) is 56.0 Å². The molecule has 0 heterocycles. The van der Waals surface area contributed by atoms with E-state index in [1.165, 1.54) is 10.8 Å². The molecule has 0 unspecified atom stereocenters. The Morgan fingerprint density at radius 3 is 1.71 bits per heavy atom. The summed E-state index contributed by atoms with van der Waals surface area (Å²) in [5.41, 5.74) is 0. The maximum absolute atomic E-state index is 3.04. The molecule has 0 aliphatic heterocycles. The Balaban J connectivity index is -0.000000111. The topological polar surface area (TPSA) is 0 Å². The van der Waals surface area contributed by atoms with E-state index >= 15 is 0 Å². The van der Waals surface area contributed by atoms with Crippen LogP contribution in [-0.4, -0.2) is 0 Å². The van der Waals surface area contributed by atoms with Gasteiger partial charge in [-0.05, 0) is 0 Å². The second-order valence-corrected chi connectivity index (χ2v) is 2.27. The van der Waals surface area contributed by atoms with Crippen molar-refractivity contribution in [1.82, 2.24) is 0 Å². The molecule has 0 N–H and O–H groups in total. The fourth-order valence-electron chi connectivity index (χ4n) is 1.07. The molecular weight excluding hydrogens is 358 g/mol. The van der Waals surface area contributed by atoms with Gasteiger partial charge >= 0.3 is 0 Å². The van der Waals surface area contributed by atoms with Gasteiger partial charge in [0, 0.05) is 65.4 Å². The van der Waals surface area contributed by atoms with Gasteiger partial charge in [0.25, 0.3) is 0 Å². The molecular formula is C15H22Y2-2. The largest absolute Gasteiger partial charge is 0.358 e. The molecule has 2 aromatic carbocycles. The summed E-state index contributed by atoms with van der Waals surface area (Å²) in [6, 6.07) is 17.3. The molecule has 0 aliphatic carbocycles. The summed E-state index contributed by atoms with van der Waals surface area (Å²) in [5, 5.41) is 2.53. The zero-order chi connectivity index (χ0) is 10.8. The first-order valence-corrected chi connectivity index (χ1v) is 5.32. The van der Waals surface area contributed by atoms with E-state index in [4.69, 9.17) is 0 Å². The maximum atomic E-state index is 3.04. The van der Waals surface area contributed by atoms with Crippen molar-refractivity contribution in [1.29, 1.82) is 0 Å². The van der Waals surface area contributed by atoms with Crippen molar-refractivity contribution in [3.8, 4) is 0 Å². The van der Waals surface area contributed by atoms with Gasteiger partial charge in [-0.2, -0.15) is 24.3 Å². The fraction of sp³-hybridized carbons (Fsp3) is 0.267. The van der Waals surface area contributed by atoms with Crippen LogP contribution in [0, 0.1) is 13.5 Å². The SMILES string of the molecule is CC.CC.[CH3-].[Y].[Y].[c-]1ccc2ccccc2c1. The average Bonchev–Trinajstić information content (AvgIpc) is 2.34. The minimum atomic E-state index is 0. The van der Waals surface area contributed by atoms with Crippen molar-refractivity contribution < 1.29 is 65.4 Å². The molecule has 2 heteroatoms. The Kier molecular flexibility index (Phi) is 30.0. The molecule has 0 aliphatic rings. The van der Waals surface area contributed by atoms with Crippen LogP contribution in [-0.2, 0) is 65.4 Å². The van der Waals surface area contributed by atoms with Crippen LogP contribution in [0.15, 0.2) is 42.5 Å². The van der Waals surface area contributed by atoms with Crippen molar-refractivity contribution in [3.63, 3.8) is 0 Å². The van der Waals surface area contributed by atoms with E-state index in [1.54, 1.807) is 0 Å². The minimum Gasteiger partial charge on any atom is -0.358 e. The normalized spacial score (nSPS) is 6.59. The van der Waals surface area contributed by atoms with Crippen LogP contribution in [0.3, 0.4) is 0 Å². The van der Waals surface area contributed by atoms with E-state index in [1.807, 2.05) is 52.0 Å². The Morgan fingerprint density at radius 1 is 0.765 bits per heavy atom. The number of fused-ring (bicyclic) bond motifs is 1. The van der Waals surface area contributed by atoms with Crippen molar-refractivity contribution in [2.45, 2.75) is 27.7 Å². The Labute approximate surface area is 158 Å². The molecule has 0 spiro atoms. The van der Waals surface area contributed by atoms with Crippen LogP contribution in [0.2, 0.25) is 0 Å². The van der Waals surface area contributed by atoms with Gasteiger partial charge in [-0.25, -0.2) is 0 Å². The molecule has 0 nitrogen and oxygen atoms in total. The first kappa shape index (κ1) is 26.5. The Morgan fingerprint density at radius 2 is 1.24 bits per heavy atom. The second-order valence-electron chi connectivity index (χ2n) is 2.27. The summed E-state index contributed by atoms with van der Waals surface area (Å²) in [7, 11) is 0. The van der Waals surface area contributed by atoms with Crippen molar-refractivity contribution >= 4 is 10.8 Å². The first-order chi connectivity index (χ1) is 6.97. The summed E-state index contributed by atoms with van der Waals surface area (Å²) < 4.78 is 0. The molecule has 0 saturated heterocycles. The molecule has 0 bridgehead atoms. The fourth-order valence-corrected chi connectivity index (χ4v) is 1.07. The monoisotopic (exact) mass is 380 g/mol. The van der Waals surface area contributed by atoms with E-state index in [0.29, 0.717) is 0 Å². The van der Waals surface area contributed by atoms with E-state index in [-0.39, 0.29) is 72.8 Å². The number of hydrogen-bond acceptors (Lipinski definition) is 0. The third-order valence-electron chi connectivity index (χ3n) is 1.59. The molecule has 0 fully saturated rings. The molecule has 0 amide bonds. The maximum Gasteiger partial charge on any atom is 0 e. The summed E-state index contributed by atoms with van der Waals surface area (Å²) in [5.74, 6) is 0. The van der Waals surface area contributed by atoms with Gasteiger partial charge in [0.05, 0.1) is 0 Å². The van der Waals surface area contributed by atoms with Crippen molar-refractivity contribution in [2.24, 2.45) is 0 Å². The smallest absolute Gasteiger partial charge is 0 e. The van der Waals surface area contributed by atoms with Gasteiger partial charge < -0.3 is 7.43 Å². The summed E-state index contributed by atoms with van der Waals surface area (Å²) in [6.07, 6.45) is 0. The van der Waals surface area contributed by atoms with Gasteiger partial charge in [-0.15, -0.1) is 16.8 Å². The molecule has 0 aromatic heterocycles. The molecule has 0 saturated carbocycles. The van der Waals surface area contributed by atoms with Crippen molar-refractivity contribution in [2.75, 3.05) is 0 Å². The van der Waals surface area contributed by atoms with Crippen LogP contribution in [0.25, 0.3) is 10.8 Å². The molecule has 2 aromatic rings. The van der Waals surface area contributed by atoms with E-state index in [9.17, 15) is 0 Å². The standard InChI is InChI=1S/C10H7.2C2H6.CH3.2Y/c1-2-6-10-8-4-3-7-9(10)5-1;2*1-2;;;/h1-3,5-8H;2*1-2H3;1H3;;/q-1;;;-1;;. The van der Waals surface area contributed by atoms with Gasteiger partial charge in [-0.1, -0.05) is 45.9 Å². The van der Waals surface area contributed by atoms with Gasteiger partial charge in [-0.3, -0.25) is 0 Å². The summed E-state index contributed by atoms with van der Waals surface area (Å²) in [6.45, 7) is 8.00. The van der Waals surface area contributed by atoms with E-state index in [0.717, 1.165) is 0 Å². The second kappa shape index (κ2) is 19.3. The molecule has 2 rings (SSSR count). The summed E-state index contributed by atoms with van der Waals surface area (Å²) in [4.78, 5) is 0. The van der Waals surface area contributed by atoms with Crippen LogP contribution < -0.4 is 0 Å². The predicted octanol–water partition coefficient (Wildman–Crippen LogP) is 5.14. The predicted molar refractivity (Wildman–Crippen MR) is 71.9 cm³/mol. The van der Waals surface area contributed by atoms with E-state index in [2.05, 4.69) is 24.3 Å². The molecule has 17 heavy (non-hydrogen) atoms. The number of rotatable bonds is 0. The Hall–Kier alpha value is 0.908. The minimum absolute atomic E-state index is 0.